The topological polar surface area (TPSA) is 95.0 Å². The van der Waals surface area contributed by atoms with Gasteiger partial charge in [0.15, 0.2) is 17.3 Å². The molecule has 1 fully saturated rings. The molecule has 1 N–H and O–H groups in total. The summed E-state index contributed by atoms with van der Waals surface area (Å²) >= 11 is 0. The summed E-state index contributed by atoms with van der Waals surface area (Å²) in [4.78, 5) is 23.6. The molecule has 34 heavy (non-hydrogen) atoms. The zero-order chi connectivity index (χ0) is 23.9. The van der Waals surface area contributed by atoms with Gasteiger partial charge in [0.05, 0.1) is 33.5 Å². The number of morpholine rings is 1. The lowest BCUT2D eigenvalue weighted by Crippen LogP contribution is -2.37. The quantitative estimate of drug-likeness (QED) is 0.540. The molecule has 2 heterocycles. The molecule has 0 saturated carbocycles. The van der Waals surface area contributed by atoms with Gasteiger partial charge in [0.2, 0.25) is 0 Å². The SMILES string of the molecule is COc1ccc([C@@H](C)NC(=O)c2ccc(Oc3nccnc3N3CCOCC3)cc2)cc1OC. The summed E-state index contributed by atoms with van der Waals surface area (Å²) in [6.45, 7) is 4.65. The molecule has 0 unspecified atom stereocenters. The lowest BCUT2D eigenvalue weighted by Gasteiger charge is -2.28. The number of methoxy groups -OCH3 is 2. The van der Waals surface area contributed by atoms with Crippen LogP contribution in [0.25, 0.3) is 0 Å². The minimum absolute atomic E-state index is 0.192. The van der Waals surface area contributed by atoms with Gasteiger partial charge in [0.25, 0.3) is 11.8 Å². The molecule has 1 aliphatic rings. The molecule has 1 saturated heterocycles. The Hall–Kier alpha value is -3.85. The summed E-state index contributed by atoms with van der Waals surface area (Å²) in [7, 11) is 3.17. The molecule has 4 rings (SSSR count). The van der Waals surface area contributed by atoms with E-state index in [4.69, 9.17) is 18.9 Å². The van der Waals surface area contributed by atoms with Gasteiger partial charge in [0, 0.05) is 31.0 Å². The largest absolute Gasteiger partial charge is 0.493 e. The summed E-state index contributed by atoms with van der Waals surface area (Å²) in [5.41, 5.74) is 1.43. The van der Waals surface area contributed by atoms with E-state index in [2.05, 4.69) is 20.2 Å². The third-order valence-electron chi connectivity index (χ3n) is 5.54. The minimum Gasteiger partial charge on any atom is -0.493 e. The van der Waals surface area contributed by atoms with Crippen LogP contribution in [0.2, 0.25) is 0 Å². The second kappa shape index (κ2) is 10.8. The number of nitrogens with one attached hydrogen (secondary N) is 1. The summed E-state index contributed by atoms with van der Waals surface area (Å²) < 4.78 is 22.0. The highest BCUT2D eigenvalue weighted by Crippen LogP contribution is 2.31. The van der Waals surface area contributed by atoms with Crippen LogP contribution < -0.4 is 24.4 Å². The first-order valence-corrected chi connectivity index (χ1v) is 11.0. The van der Waals surface area contributed by atoms with Gasteiger partial charge in [-0.3, -0.25) is 4.79 Å². The van der Waals surface area contributed by atoms with Gasteiger partial charge in [-0.2, -0.15) is 0 Å². The maximum absolute atomic E-state index is 12.8. The van der Waals surface area contributed by atoms with Crippen molar-refractivity contribution in [2.45, 2.75) is 13.0 Å². The summed E-state index contributed by atoms with van der Waals surface area (Å²) in [6.07, 6.45) is 3.24. The number of benzene rings is 2. The molecule has 2 aromatic carbocycles. The zero-order valence-electron chi connectivity index (χ0n) is 19.5. The van der Waals surface area contributed by atoms with Gasteiger partial charge in [0.1, 0.15) is 5.75 Å². The normalized spacial score (nSPS) is 14.3. The minimum atomic E-state index is -0.223. The van der Waals surface area contributed by atoms with E-state index in [0.717, 1.165) is 18.7 Å². The lowest BCUT2D eigenvalue weighted by atomic mass is 10.1. The van der Waals surface area contributed by atoms with E-state index in [0.29, 0.717) is 47.7 Å². The highest BCUT2D eigenvalue weighted by molar-refractivity contribution is 5.94. The fourth-order valence-corrected chi connectivity index (χ4v) is 3.65. The lowest BCUT2D eigenvalue weighted by molar-refractivity contribution is 0.0940. The fourth-order valence-electron chi connectivity index (χ4n) is 3.65. The maximum atomic E-state index is 12.8. The number of aromatic nitrogens is 2. The van der Waals surface area contributed by atoms with E-state index in [-0.39, 0.29) is 11.9 Å². The summed E-state index contributed by atoms with van der Waals surface area (Å²) in [6, 6.07) is 12.3. The molecule has 0 radical (unpaired) electrons. The summed E-state index contributed by atoms with van der Waals surface area (Å²) in [5.74, 6) is 2.73. The fraction of sp³-hybridized carbons (Fsp3) is 0.320. The smallest absolute Gasteiger partial charge is 0.263 e. The maximum Gasteiger partial charge on any atom is 0.263 e. The van der Waals surface area contributed by atoms with Gasteiger partial charge in [-0.05, 0) is 48.9 Å². The Bertz CT molecular complexity index is 1120. The van der Waals surface area contributed by atoms with Crippen LogP contribution in [0, 0.1) is 0 Å². The van der Waals surface area contributed by atoms with E-state index in [1.54, 1.807) is 50.9 Å². The Morgan fingerprint density at radius 3 is 2.41 bits per heavy atom. The number of rotatable bonds is 8. The second-order valence-corrected chi connectivity index (χ2v) is 7.72. The van der Waals surface area contributed by atoms with Gasteiger partial charge in [-0.15, -0.1) is 0 Å². The van der Waals surface area contributed by atoms with Crippen LogP contribution in [0.15, 0.2) is 54.9 Å². The molecular formula is C25H28N4O5. The van der Waals surface area contributed by atoms with Crippen LogP contribution in [0.3, 0.4) is 0 Å². The van der Waals surface area contributed by atoms with Crippen molar-refractivity contribution in [3.63, 3.8) is 0 Å². The van der Waals surface area contributed by atoms with Crippen molar-refractivity contribution < 1.29 is 23.7 Å². The molecule has 1 aliphatic heterocycles. The van der Waals surface area contributed by atoms with Crippen LogP contribution in [0.4, 0.5) is 5.82 Å². The number of ether oxygens (including phenoxy) is 4. The Morgan fingerprint density at radius 1 is 1.00 bits per heavy atom. The van der Waals surface area contributed by atoms with E-state index in [1.165, 1.54) is 0 Å². The molecule has 0 bridgehead atoms. The number of nitrogens with zero attached hydrogens (tertiary/aromatic N) is 3. The first-order valence-electron chi connectivity index (χ1n) is 11.0. The van der Waals surface area contributed by atoms with Gasteiger partial charge < -0.3 is 29.2 Å². The predicted octanol–water partition coefficient (Wildman–Crippen LogP) is 3.61. The molecule has 1 amide bonds. The van der Waals surface area contributed by atoms with Crippen LogP contribution >= 0.6 is 0 Å². The van der Waals surface area contributed by atoms with Crippen molar-refractivity contribution in [3.05, 3.63) is 66.0 Å². The standard InChI is InChI=1S/C25H28N4O5/c1-17(19-6-9-21(31-2)22(16-19)32-3)28-24(30)18-4-7-20(8-5-18)34-25-23(26-10-11-27-25)29-12-14-33-15-13-29/h4-11,16-17H,12-15H2,1-3H3,(H,28,30)/t17-/m1/s1. The number of hydrogen-bond acceptors (Lipinski definition) is 8. The van der Waals surface area contributed by atoms with Gasteiger partial charge in [-0.1, -0.05) is 6.07 Å². The van der Waals surface area contributed by atoms with Crippen LogP contribution in [-0.4, -0.2) is 56.4 Å². The molecule has 1 atom stereocenters. The Balaban J connectivity index is 1.41. The Morgan fingerprint density at radius 2 is 1.71 bits per heavy atom. The first kappa shape index (κ1) is 23.3. The van der Waals surface area contributed by atoms with Crippen LogP contribution in [-0.2, 0) is 4.74 Å². The predicted molar refractivity (Wildman–Crippen MR) is 127 cm³/mol. The van der Waals surface area contributed by atoms with Gasteiger partial charge in [-0.25, -0.2) is 9.97 Å². The molecule has 0 aliphatic carbocycles. The van der Waals surface area contributed by atoms with E-state index >= 15 is 0 Å². The third kappa shape index (κ3) is 5.37. The molecule has 178 valence electrons. The van der Waals surface area contributed by atoms with Crippen molar-refractivity contribution in [1.29, 1.82) is 0 Å². The van der Waals surface area contributed by atoms with E-state index in [1.807, 2.05) is 25.1 Å². The highest BCUT2D eigenvalue weighted by atomic mass is 16.5. The number of carbonyl (C=O) groups is 1. The molecule has 3 aromatic rings. The van der Waals surface area contributed by atoms with Crippen LogP contribution in [0.5, 0.6) is 23.1 Å². The van der Waals surface area contributed by atoms with Crippen LogP contribution in [0.1, 0.15) is 28.9 Å². The number of hydrogen-bond donors (Lipinski definition) is 1. The molecule has 9 nitrogen and oxygen atoms in total. The Kier molecular flexibility index (Phi) is 7.44. The average Bonchev–Trinajstić information content (AvgIpc) is 2.89. The van der Waals surface area contributed by atoms with Crippen molar-refractivity contribution in [3.8, 4) is 23.1 Å². The highest BCUT2D eigenvalue weighted by Gasteiger charge is 2.19. The number of anilines is 1. The number of amides is 1. The zero-order valence-corrected chi connectivity index (χ0v) is 19.5. The monoisotopic (exact) mass is 464 g/mol. The summed E-state index contributed by atoms with van der Waals surface area (Å²) in [5, 5.41) is 3.01. The Labute approximate surface area is 198 Å². The number of carbonyl (C=O) groups excluding carboxylic acids is 1. The van der Waals surface area contributed by atoms with E-state index < -0.39 is 0 Å². The van der Waals surface area contributed by atoms with Crippen molar-refractivity contribution in [1.82, 2.24) is 15.3 Å². The average molecular weight is 465 g/mol. The van der Waals surface area contributed by atoms with Crippen molar-refractivity contribution in [2.24, 2.45) is 0 Å². The molecule has 0 spiro atoms. The van der Waals surface area contributed by atoms with Crippen molar-refractivity contribution >= 4 is 11.7 Å². The third-order valence-corrected chi connectivity index (χ3v) is 5.54. The molecule has 9 heteroatoms. The second-order valence-electron chi connectivity index (χ2n) is 7.72. The van der Waals surface area contributed by atoms with Crippen molar-refractivity contribution in [2.75, 3.05) is 45.4 Å². The first-order chi connectivity index (χ1) is 16.6. The van der Waals surface area contributed by atoms with Gasteiger partial charge >= 0.3 is 0 Å². The molecule has 1 aromatic heterocycles. The molecular weight excluding hydrogens is 436 g/mol. The van der Waals surface area contributed by atoms with E-state index in [9.17, 15) is 4.79 Å².